The van der Waals surface area contributed by atoms with Crippen LogP contribution in [0.25, 0.3) is 0 Å². The predicted octanol–water partition coefficient (Wildman–Crippen LogP) is 4.12. The molecular formula is C16H22O2. The maximum absolute atomic E-state index is 12.1. The summed E-state index contributed by atoms with van der Waals surface area (Å²) in [6, 6.07) is 7.60. The van der Waals surface area contributed by atoms with Gasteiger partial charge in [-0.05, 0) is 50.7 Å². The smallest absolute Gasteiger partial charge is 0.338 e. The molecule has 18 heavy (non-hydrogen) atoms. The van der Waals surface area contributed by atoms with E-state index in [1.54, 1.807) is 0 Å². The molecule has 0 bridgehead atoms. The summed E-state index contributed by atoms with van der Waals surface area (Å²) in [6.07, 6.45) is 5.90. The number of aryl methyl sites for hydroxylation is 1. The fourth-order valence-corrected chi connectivity index (χ4v) is 2.69. The topological polar surface area (TPSA) is 26.3 Å². The molecule has 0 amide bonds. The van der Waals surface area contributed by atoms with Crippen molar-refractivity contribution < 1.29 is 9.53 Å². The lowest BCUT2D eigenvalue weighted by atomic mass is 9.85. The van der Waals surface area contributed by atoms with Gasteiger partial charge in [0.25, 0.3) is 0 Å². The number of carbonyl (C=O) groups is 1. The molecule has 1 aromatic carbocycles. The maximum atomic E-state index is 12.1. The Hall–Kier alpha value is -1.31. The molecule has 0 aromatic heterocycles. The van der Waals surface area contributed by atoms with E-state index in [4.69, 9.17) is 4.74 Å². The summed E-state index contributed by atoms with van der Waals surface area (Å²) in [6.45, 7) is 4.20. The third kappa shape index (κ3) is 3.12. The van der Waals surface area contributed by atoms with Crippen LogP contribution in [0.4, 0.5) is 0 Å². The van der Waals surface area contributed by atoms with Crippen LogP contribution < -0.4 is 0 Å². The third-order valence-corrected chi connectivity index (χ3v) is 3.91. The fraction of sp³-hybridized carbons (Fsp3) is 0.562. The second kappa shape index (κ2) is 6.03. The molecule has 1 fully saturated rings. The van der Waals surface area contributed by atoms with Crippen LogP contribution in [-0.4, -0.2) is 12.1 Å². The van der Waals surface area contributed by atoms with Crippen molar-refractivity contribution in [3.8, 4) is 0 Å². The van der Waals surface area contributed by atoms with Crippen molar-refractivity contribution in [3.05, 3.63) is 35.4 Å². The van der Waals surface area contributed by atoms with E-state index in [-0.39, 0.29) is 12.1 Å². The molecule has 1 aliphatic rings. The number of benzene rings is 1. The maximum Gasteiger partial charge on any atom is 0.338 e. The van der Waals surface area contributed by atoms with Gasteiger partial charge in [-0.2, -0.15) is 0 Å². The van der Waals surface area contributed by atoms with Gasteiger partial charge in [-0.15, -0.1) is 0 Å². The first-order chi connectivity index (χ1) is 8.70. The molecule has 2 atom stereocenters. The van der Waals surface area contributed by atoms with Crippen molar-refractivity contribution in [1.82, 2.24) is 0 Å². The second-order valence-electron chi connectivity index (χ2n) is 5.26. The first-order valence-corrected chi connectivity index (χ1v) is 6.98. The van der Waals surface area contributed by atoms with E-state index < -0.39 is 0 Å². The van der Waals surface area contributed by atoms with Gasteiger partial charge in [-0.1, -0.05) is 31.0 Å². The molecule has 0 heterocycles. The number of ether oxygens (including phenoxy) is 1. The van der Waals surface area contributed by atoms with Crippen molar-refractivity contribution in [2.24, 2.45) is 5.92 Å². The lowest BCUT2D eigenvalue weighted by molar-refractivity contribution is 0.000711. The van der Waals surface area contributed by atoms with Gasteiger partial charge in [0, 0.05) is 0 Å². The molecular weight excluding hydrogens is 224 g/mol. The van der Waals surface area contributed by atoms with Gasteiger partial charge < -0.3 is 4.74 Å². The first kappa shape index (κ1) is 13.1. The van der Waals surface area contributed by atoms with Gasteiger partial charge in [-0.3, -0.25) is 0 Å². The Labute approximate surface area is 109 Å². The molecule has 1 saturated carbocycles. The zero-order valence-electron chi connectivity index (χ0n) is 11.3. The van der Waals surface area contributed by atoms with Crippen molar-refractivity contribution in [1.29, 1.82) is 0 Å². The lowest BCUT2D eigenvalue weighted by Crippen LogP contribution is -2.29. The van der Waals surface area contributed by atoms with Crippen molar-refractivity contribution in [3.63, 3.8) is 0 Å². The monoisotopic (exact) mass is 246 g/mol. The van der Waals surface area contributed by atoms with Gasteiger partial charge in [-0.25, -0.2) is 4.79 Å². The summed E-state index contributed by atoms with van der Waals surface area (Å²) in [5.74, 6) is 0.383. The summed E-state index contributed by atoms with van der Waals surface area (Å²) in [5.41, 5.74) is 1.83. The Morgan fingerprint density at radius 1 is 1.22 bits per heavy atom. The van der Waals surface area contributed by atoms with E-state index in [2.05, 4.69) is 6.92 Å². The highest BCUT2D eigenvalue weighted by Crippen LogP contribution is 2.29. The minimum absolute atomic E-state index is 0.123. The number of hydrogen-bond donors (Lipinski definition) is 0. The quantitative estimate of drug-likeness (QED) is 0.750. The van der Waals surface area contributed by atoms with Crippen LogP contribution >= 0.6 is 0 Å². The zero-order valence-corrected chi connectivity index (χ0v) is 11.3. The Balaban J connectivity index is 1.99. The van der Waals surface area contributed by atoms with Crippen molar-refractivity contribution in [2.45, 2.75) is 52.1 Å². The number of rotatable bonds is 3. The van der Waals surface area contributed by atoms with E-state index in [1.165, 1.54) is 19.3 Å². The van der Waals surface area contributed by atoms with Gasteiger partial charge in [0.05, 0.1) is 5.56 Å². The summed E-state index contributed by atoms with van der Waals surface area (Å²) < 4.78 is 5.68. The van der Waals surface area contributed by atoms with E-state index in [1.807, 2.05) is 31.2 Å². The molecule has 1 aliphatic carbocycles. The summed E-state index contributed by atoms with van der Waals surface area (Å²) in [5, 5.41) is 0. The minimum atomic E-state index is -0.166. The average Bonchev–Trinajstić information content (AvgIpc) is 2.40. The molecule has 0 radical (unpaired) electrons. The molecule has 2 rings (SSSR count). The molecule has 0 spiro atoms. The highest BCUT2D eigenvalue weighted by Gasteiger charge is 2.27. The van der Waals surface area contributed by atoms with Crippen LogP contribution in [0.5, 0.6) is 0 Å². The third-order valence-electron chi connectivity index (χ3n) is 3.91. The van der Waals surface area contributed by atoms with E-state index >= 15 is 0 Å². The fourth-order valence-electron chi connectivity index (χ4n) is 2.69. The highest BCUT2D eigenvalue weighted by atomic mass is 16.5. The Kier molecular flexibility index (Phi) is 4.40. The minimum Gasteiger partial charge on any atom is -0.458 e. The van der Waals surface area contributed by atoms with Gasteiger partial charge in [0.15, 0.2) is 0 Å². The number of esters is 1. The zero-order chi connectivity index (χ0) is 13.0. The molecule has 0 aliphatic heterocycles. The molecule has 0 saturated heterocycles. The molecule has 0 N–H and O–H groups in total. The van der Waals surface area contributed by atoms with E-state index in [0.29, 0.717) is 11.5 Å². The van der Waals surface area contributed by atoms with E-state index in [9.17, 15) is 4.79 Å². The Morgan fingerprint density at radius 3 is 2.56 bits per heavy atom. The Morgan fingerprint density at radius 2 is 1.89 bits per heavy atom. The van der Waals surface area contributed by atoms with E-state index in [0.717, 1.165) is 18.4 Å². The SMILES string of the molecule is CCC1CCCCC1OC(=O)c1ccc(C)cc1. The Bertz CT molecular complexity index is 394. The highest BCUT2D eigenvalue weighted by molar-refractivity contribution is 5.89. The van der Waals surface area contributed by atoms with Gasteiger partial charge in [0.1, 0.15) is 6.10 Å². The average molecular weight is 246 g/mol. The standard InChI is InChI=1S/C16H22O2/c1-3-13-6-4-5-7-15(13)18-16(17)14-10-8-12(2)9-11-14/h8-11,13,15H,3-7H2,1-2H3. The van der Waals surface area contributed by atoms with Crippen LogP contribution in [0, 0.1) is 12.8 Å². The van der Waals surface area contributed by atoms with Crippen LogP contribution in [0.15, 0.2) is 24.3 Å². The van der Waals surface area contributed by atoms with Crippen LogP contribution in [0.1, 0.15) is 54.9 Å². The first-order valence-electron chi connectivity index (χ1n) is 6.98. The normalized spacial score (nSPS) is 23.7. The largest absolute Gasteiger partial charge is 0.458 e. The lowest BCUT2D eigenvalue weighted by Gasteiger charge is -2.30. The molecule has 2 unspecified atom stereocenters. The summed E-state index contributed by atoms with van der Waals surface area (Å²) in [4.78, 5) is 12.1. The molecule has 2 heteroatoms. The number of hydrogen-bond acceptors (Lipinski definition) is 2. The summed E-state index contributed by atoms with van der Waals surface area (Å²) >= 11 is 0. The van der Waals surface area contributed by atoms with Crippen LogP contribution in [-0.2, 0) is 4.74 Å². The summed E-state index contributed by atoms with van der Waals surface area (Å²) in [7, 11) is 0. The predicted molar refractivity (Wildman–Crippen MR) is 72.6 cm³/mol. The second-order valence-corrected chi connectivity index (χ2v) is 5.26. The molecule has 98 valence electrons. The number of carbonyl (C=O) groups excluding carboxylic acids is 1. The van der Waals surface area contributed by atoms with Crippen molar-refractivity contribution in [2.75, 3.05) is 0 Å². The van der Waals surface area contributed by atoms with Crippen LogP contribution in [0.3, 0.4) is 0 Å². The van der Waals surface area contributed by atoms with Gasteiger partial charge >= 0.3 is 5.97 Å². The molecule has 1 aromatic rings. The van der Waals surface area contributed by atoms with Crippen LogP contribution in [0.2, 0.25) is 0 Å². The van der Waals surface area contributed by atoms with Gasteiger partial charge in [0.2, 0.25) is 0 Å². The van der Waals surface area contributed by atoms with Crippen molar-refractivity contribution >= 4 is 5.97 Å². The molecule has 2 nitrogen and oxygen atoms in total.